The van der Waals surface area contributed by atoms with Gasteiger partial charge in [0.25, 0.3) is 5.91 Å². The van der Waals surface area contributed by atoms with Gasteiger partial charge < -0.3 is 15.0 Å². The molecule has 3 aromatic carbocycles. The number of hydrogen-bond acceptors (Lipinski definition) is 4. The van der Waals surface area contributed by atoms with Gasteiger partial charge >= 0.3 is 0 Å². The van der Waals surface area contributed by atoms with Crippen molar-refractivity contribution in [3.63, 3.8) is 0 Å². The van der Waals surface area contributed by atoms with Crippen LogP contribution in [0.3, 0.4) is 0 Å². The van der Waals surface area contributed by atoms with Crippen LogP contribution in [0.2, 0.25) is 0 Å². The molecule has 1 amide bonds. The van der Waals surface area contributed by atoms with Crippen LogP contribution >= 0.6 is 0 Å². The van der Waals surface area contributed by atoms with Gasteiger partial charge in [-0.3, -0.25) is 9.69 Å². The van der Waals surface area contributed by atoms with Crippen molar-refractivity contribution in [3.8, 4) is 5.75 Å². The number of hydrogen-bond donors (Lipinski definition) is 1. The Labute approximate surface area is 254 Å². The highest BCUT2D eigenvalue weighted by molar-refractivity contribution is 5.94. The maximum atomic E-state index is 13.4. The highest BCUT2D eigenvalue weighted by atomic mass is 19.1. The van der Waals surface area contributed by atoms with Crippen LogP contribution in [-0.2, 0) is 13.0 Å². The van der Waals surface area contributed by atoms with Crippen molar-refractivity contribution in [3.05, 3.63) is 114 Å². The Morgan fingerprint density at radius 3 is 2.19 bits per heavy atom. The van der Waals surface area contributed by atoms with E-state index in [-0.39, 0.29) is 11.7 Å². The Balaban J connectivity index is 0.000000382. The van der Waals surface area contributed by atoms with Crippen LogP contribution in [0.15, 0.2) is 86.0 Å². The molecule has 4 rings (SSSR count). The summed E-state index contributed by atoms with van der Waals surface area (Å²) >= 11 is 0. The molecule has 1 aliphatic heterocycles. The van der Waals surface area contributed by atoms with E-state index < -0.39 is 0 Å². The number of ether oxygens (including phenoxy) is 1. The van der Waals surface area contributed by atoms with Gasteiger partial charge in [-0.05, 0) is 68.7 Å². The molecule has 6 heteroatoms. The molecule has 0 aliphatic carbocycles. The maximum Gasteiger partial charge on any atom is 0.253 e. The van der Waals surface area contributed by atoms with E-state index in [1.165, 1.54) is 23.6 Å². The fourth-order valence-electron chi connectivity index (χ4n) is 4.50. The summed E-state index contributed by atoms with van der Waals surface area (Å²) in [6, 6.07) is 23.4. The number of nitrogens with one attached hydrogen (secondary N) is 1. The Morgan fingerprint density at radius 1 is 0.976 bits per heavy atom. The number of carbonyl (C=O) groups excluding carboxylic acids is 1. The Morgan fingerprint density at radius 2 is 1.62 bits per heavy atom. The molecule has 0 unspecified atom stereocenters. The van der Waals surface area contributed by atoms with Crippen molar-refractivity contribution in [2.24, 2.45) is 0 Å². The maximum absolute atomic E-state index is 13.4. The van der Waals surface area contributed by atoms with Crippen LogP contribution in [0, 0.1) is 5.82 Å². The molecule has 3 aromatic rings. The van der Waals surface area contributed by atoms with Gasteiger partial charge in [0, 0.05) is 56.4 Å². The van der Waals surface area contributed by atoms with Crippen molar-refractivity contribution in [2.75, 3.05) is 39.8 Å². The average Bonchev–Trinajstić information content (AvgIpc) is 3.01. The zero-order valence-corrected chi connectivity index (χ0v) is 26.7. The van der Waals surface area contributed by atoms with Gasteiger partial charge in [-0.1, -0.05) is 62.7 Å². The van der Waals surface area contributed by atoms with Gasteiger partial charge in [0.05, 0.1) is 7.11 Å². The molecular weight excluding hydrogens is 525 g/mol. The van der Waals surface area contributed by atoms with E-state index in [4.69, 9.17) is 4.74 Å². The summed E-state index contributed by atoms with van der Waals surface area (Å²) in [5.41, 5.74) is 3.93. The molecule has 1 heterocycles. The van der Waals surface area contributed by atoms with E-state index in [2.05, 4.69) is 50.2 Å². The summed E-state index contributed by atoms with van der Waals surface area (Å²) in [4.78, 5) is 16.4. The average molecular weight is 578 g/mol. The zero-order chi connectivity index (χ0) is 31.3. The second kappa shape index (κ2) is 21.3. The first-order valence-electron chi connectivity index (χ1n) is 15.0. The molecule has 1 atom stereocenters. The molecule has 1 aliphatic rings. The van der Waals surface area contributed by atoms with Gasteiger partial charge in [-0.25, -0.2) is 4.39 Å². The lowest BCUT2D eigenvalue weighted by Crippen LogP contribution is -2.48. The van der Waals surface area contributed by atoms with E-state index in [0.717, 1.165) is 62.6 Å². The molecule has 1 saturated heterocycles. The second-order valence-electron chi connectivity index (χ2n) is 10.1. The standard InChI is InChI=1S/C19H23NO2.C12H17FN2.C3H8.C2H4/c1-4-20(5-2)19(21)17-11-9-15(10-12-17)13-16-7-6-8-18(14-16)22-3;1-10-8-15(7-6-14-10)9-11-4-2-3-5-12(11)13;1-3-2;1-2/h6-12,14H,4-5,13H2,1-3H3;2-5,10,14H,6-9H2,1H3;3H2,1-2H3;1-2H2/t;10-;;/m.0../s1. The second-order valence-corrected chi connectivity index (χ2v) is 10.1. The number of carbonyl (C=O) groups is 1. The highest BCUT2D eigenvalue weighted by Gasteiger charge is 2.16. The van der Waals surface area contributed by atoms with Gasteiger partial charge in [0.15, 0.2) is 0 Å². The van der Waals surface area contributed by atoms with Crippen LogP contribution in [0.5, 0.6) is 5.75 Å². The third kappa shape index (κ3) is 13.0. The monoisotopic (exact) mass is 577 g/mol. The topological polar surface area (TPSA) is 44.8 Å². The fraction of sp³-hybridized carbons (Fsp3) is 0.417. The predicted molar refractivity (Wildman–Crippen MR) is 176 cm³/mol. The molecule has 0 bridgehead atoms. The molecule has 0 aromatic heterocycles. The van der Waals surface area contributed by atoms with Crippen molar-refractivity contribution < 1.29 is 13.9 Å². The molecular formula is C36H52FN3O2. The smallest absolute Gasteiger partial charge is 0.253 e. The summed E-state index contributed by atoms with van der Waals surface area (Å²) in [7, 11) is 1.67. The minimum absolute atomic E-state index is 0.0938. The van der Waals surface area contributed by atoms with Crippen molar-refractivity contribution in [1.29, 1.82) is 0 Å². The third-order valence-corrected chi connectivity index (χ3v) is 6.60. The number of rotatable bonds is 8. The Kier molecular flexibility index (Phi) is 18.5. The largest absolute Gasteiger partial charge is 0.497 e. The minimum atomic E-state index is -0.0938. The van der Waals surface area contributed by atoms with Crippen LogP contribution < -0.4 is 10.1 Å². The summed E-state index contributed by atoms with van der Waals surface area (Å²) in [5, 5.41) is 3.38. The predicted octanol–water partition coefficient (Wildman–Crippen LogP) is 7.61. The van der Waals surface area contributed by atoms with Crippen LogP contribution in [0.4, 0.5) is 4.39 Å². The van der Waals surface area contributed by atoms with E-state index in [1.54, 1.807) is 13.2 Å². The Hall–Kier alpha value is -3.48. The normalized spacial score (nSPS) is 14.1. The lowest BCUT2D eigenvalue weighted by molar-refractivity contribution is 0.0773. The zero-order valence-electron chi connectivity index (χ0n) is 26.7. The van der Waals surface area contributed by atoms with Crippen LogP contribution in [0.1, 0.15) is 68.1 Å². The number of piperazine rings is 1. The first-order chi connectivity index (χ1) is 20.3. The molecule has 5 nitrogen and oxygen atoms in total. The third-order valence-electron chi connectivity index (χ3n) is 6.60. The SMILES string of the molecule is C=C.CCC.CCN(CC)C(=O)c1ccc(Cc2cccc(OC)c2)cc1.C[C@H]1CN(Cc2ccccc2F)CCN1. The number of benzene rings is 3. The van der Waals surface area contributed by atoms with Gasteiger partial charge in [0.1, 0.15) is 11.6 Å². The number of amides is 1. The van der Waals surface area contributed by atoms with Crippen molar-refractivity contribution in [1.82, 2.24) is 15.1 Å². The van der Waals surface area contributed by atoms with Crippen molar-refractivity contribution in [2.45, 2.75) is 60.0 Å². The van der Waals surface area contributed by atoms with E-state index >= 15 is 0 Å². The molecule has 42 heavy (non-hydrogen) atoms. The molecule has 0 spiro atoms. The van der Waals surface area contributed by atoms with E-state index in [9.17, 15) is 9.18 Å². The molecule has 0 saturated carbocycles. The highest BCUT2D eigenvalue weighted by Crippen LogP contribution is 2.17. The first kappa shape index (κ1) is 36.5. The van der Waals surface area contributed by atoms with Crippen LogP contribution in [0.25, 0.3) is 0 Å². The van der Waals surface area contributed by atoms with Gasteiger partial charge in [0.2, 0.25) is 0 Å². The summed E-state index contributed by atoms with van der Waals surface area (Å²) < 4.78 is 18.6. The van der Waals surface area contributed by atoms with Gasteiger partial charge in [-0.15, -0.1) is 13.2 Å². The minimum Gasteiger partial charge on any atom is -0.497 e. The van der Waals surface area contributed by atoms with E-state index in [1.807, 2.05) is 73.3 Å². The summed E-state index contributed by atoms with van der Waals surface area (Å²) in [6.45, 7) is 21.6. The summed E-state index contributed by atoms with van der Waals surface area (Å²) in [5.74, 6) is 0.868. The Bertz CT molecular complexity index is 1150. The van der Waals surface area contributed by atoms with Crippen LogP contribution in [-0.4, -0.2) is 61.6 Å². The quantitative estimate of drug-likeness (QED) is 0.280. The molecule has 1 N–H and O–H groups in total. The lowest BCUT2D eigenvalue weighted by Gasteiger charge is -2.31. The molecule has 1 fully saturated rings. The first-order valence-corrected chi connectivity index (χ1v) is 15.0. The molecule has 0 radical (unpaired) electrons. The summed E-state index contributed by atoms with van der Waals surface area (Å²) in [6.07, 6.45) is 2.08. The number of nitrogens with zero attached hydrogens (tertiary/aromatic N) is 2. The molecule has 230 valence electrons. The van der Waals surface area contributed by atoms with Crippen molar-refractivity contribution >= 4 is 5.91 Å². The fourth-order valence-corrected chi connectivity index (χ4v) is 4.50. The van der Waals surface area contributed by atoms with Gasteiger partial charge in [-0.2, -0.15) is 0 Å². The van der Waals surface area contributed by atoms with E-state index in [0.29, 0.717) is 6.04 Å². The number of methoxy groups -OCH3 is 1. The number of halogens is 1. The lowest BCUT2D eigenvalue weighted by atomic mass is 10.0.